The third-order valence-electron chi connectivity index (χ3n) is 4.78. The van der Waals surface area contributed by atoms with Gasteiger partial charge in [0.2, 0.25) is 17.2 Å². The number of rotatable bonds is 5. The van der Waals surface area contributed by atoms with Crippen LogP contribution >= 0.6 is 0 Å². The van der Waals surface area contributed by atoms with Crippen molar-refractivity contribution in [2.75, 3.05) is 7.11 Å². The van der Waals surface area contributed by atoms with Crippen LogP contribution in [0.15, 0.2) is 23.4 Å². The van der Waals surface area contributed by atoms with Gasteiger partial charge in [0.05, 0.1) is 18.5 Å². The average Bonchev–Trinajstić information content (AvgIpc) is 3.23. The van der Waals surface area contributed by atoms with Crippen molar-refractivity contribution in [1.82, 2.24) is 28.7 Å². The van der Waals surface area contributed by atoms with Gasteiger partial charge in [0, 0.05) is 30.2 Å². The molecule has 0 amide bonds. The lowest BCUT2D eigenvalue weighted by Crippen LogP contribution is -2.11. The first-order valence-corrected chi connectivity index (χ1v) is 9.04. The van der Waals surface area contributed by atoms with Crippen molar-refractivity contribution in [3.8, 4) is 5.88 Å². The molecule has 4 aromatic heterocycles. The van der Waals surface area contributed by atoms with E-state index in [9.17, 15) is 9.18 Å². The minimum atomic E-state index is -0.439. The summed E-state index contributed by atoms with van der Waals surface area (Å²) in [6.45, 7) is 5.52. The van der Waals surface area contributed by atoms with Gasteiger partial charge < -0.3 is 14.1 Å². The Kier molecular flexibility index (Phi) is 4.37. The van der Waals surface area contributed by atoms with Crippen LogP contribution in [0.4, 0.5) is 4.39 Å². The summed E-state index contributed by atoms with van der Waals surface area (Å²) in [4.78, 5) is 27.7. The highest BCUT2D eigenvalue weighted by Crippen LogP contribution is 2.27. The molecule has 0 saturated heterocycles. The molecule has 0 aliphatic heterocycles. The van der Waals surface area contributed by atoms with E-state index in [-0.39, 0.29) is 11.5 Å². The van der Waals surface area contributed by atoms with Gasteiger partial charge in [-0.05, 0) is 26.7 Å². The molecular weight excluding hydrogens is 363 g/mol. The van der Waals surface area contributed by atoms with Gasteiger partial charge in [-0.1, -0.05) is 6.92 Å². The monoisotopic (exact) mass is 384 g/mol. The molecule has 0 spiro atoms. The smallest absolute Gasteiger partial charge is 0.291 e. The Morgan fingerprint density at radius 3 is 2.71 bits per heavy atom. The zero-order valence-electron chi connectivity index (χ0n) is 16.2. The van der Waals surface area contributed by atoms with Crippen LogP contribution in [0, 0.1) is 19.8 Å². The fraction of sp³-hybridized carbons (Fsp3) is 0.368. The first-order chi connectivity index (χ1) is 13.4. The highest BCUT2D eigenvalue weighted by atomic mass is 19.1. The number of halogens is 1. The zero-order valence-corrected chi connectivity index (χ0v) is 16.2. The van der Waals surface area contributed by atoms with Crippen molar-refractivity contribution in [1.29, 1.82) is 0 Å². The summed E-state index contributed by atoms with van der Waals surface area (Å²) in [6.07, 6.45) is 6.48. The number of aromatic nitrogens is 6. The maximum atomic E-state index is 15.0. The highest BCUT2D eigenvalue weighted by molar-refractivity contribution is 5.51. The molecule has 1 atom stereocenters. The van der Waals surface area contributed by atoms with E-state index in [2.05, 4.69) is 19.9 Å². The van der Waals surface area contributed by atoms with Crippen molar-refractivity contribution in [3.05, 3.63) is 57.7 Å². The minimum Gasteiger partial charge on any atom is -0.478 e. The van der Waals surface area contributed by atoms with Gasteiger partial charge in [-0.3, -0.25) is 9.20 Å². The number of H-pyrrole nitrogens is 1. The Morgan fingerprint density at radius 2 is 1.96 bits per heavy atom. The third kappa shape index (κ3) is 3.02. The molecule has 9 heteroatoms. The molecule has 8 nitrogen and oxygen atoms in total. The molecule has 0 aliphatic carbocycles. The van der Waals surface area contributed by atoms with E-state index in [1.807, 2.05) is 26.2 Å². The van der Waals surface area contributed by atoms with E-state index in [1.165, 1.54) is 11.5 Å². The van der Waals surface area contributed by atoms with Crippen molar-refractivity contribution >= 4 is 11.3 Å². The Bertz CT molecular complexity index is 1240. The van der Waals surface area contributed by atoms with Crippen LogP contribution in [0.5, 0.6) is 5.88 Å². The van der Waals surface area contributed by atoms with Gasteiger partial charge in [0.25, 0.3) is 11.4 Å². The van der Waals surface area contributed by atoms with Crippen molar-refractivity contribution in [2.24, 2.45) is 0 Å². The van der Waals surface area contributed by atoms with Gasteiger partial charge in [-0.2, -0.15) is 4.39 Å². The molecular formula is C19H21FN6O2. The summed E-state index contributed by atoms with van der Waals surface area (Å²) in [5.74, 6) is -0.317. The van der Waals surface area contributed by atoms with Crippen LogP contribution < -0.4 is 10.3 Å². The van der Waals surface area contributed by atoms with Gasteiger partial charge in [-0.25, -0.2) is 15.0 Å². The lowest BCUT2D eigenvalue weighted by molar-refractivity contribution is 0.389. The summed E-state index contributed by atoms with van der Waals surface area (Å²) in [7, 11) is 1.49. The van der Waals surface area contributed by atoms with Gasteiger partial charge >= 0.3 is 0 Å². The quantitative estimate of drug-likeness (QED) is 0.571. The number of imidazole rings is 2. The number of nitrogens with zero attached hydrogens (tertiary/aromatic N) is 5. The van der Waals surface area contributed by atoms with E-state index in [0.717, 1.165) is 11.4 Å². The maximum absolute atomic E-state index is 15.0. The fourth-order valence-corrected chi connectivity index (χ4v) is 3.39. The molecule has 4 rings (SSSR count). The van der Waals surface area contributed by atoms with E-state index in [1.54, 1.807) is 17.5 Å². The predicted molar refractivity (Wildman–Crippen MR) is 102 cm³/mol. The van der Waals surface area contributed by atoms with Crippen LogP contribution in [0.25, 0.3) is 11.3 Å². The van der Waals surface area contributed by atoms with Crippen molar-refractivity contribution in [3.63, 3.8) is 0 Å². The molecule has 4 aromatic rings. The first-order valence-electron chi connectivity index (χ1n) is 9.04. The van der Waals surface area contributed by atoms with Crippen LogP contribution in [0.3, 0.4) is 0 Å². The first kappa shape index (κ1) is 18.1. The van der Waals surface area contributed by atoms with Crippen molar-refractivity contribution < 1.29 is 9.13 Å². The largest absolute Gasteiger partial charge is 0.478 e. The van der Waals surface area contributed by atoms with Crippen LogP contribution in [0.2, 0.25) is 0 Å². The molecule has 0 saturated carbocycles. The number of nitrogens with one attached hydrogen (secondary N) is 1. The van der Waals surface area contributed by atoms with Gasteiger partial charge in [0.1, 0.15) is 5.69 Å². The molecule has 1 N–H and O–H groups in total. The molecule has 28 heavy (non-hydrogen) atoms. The summed E-state index contributed by atoms with van der Waals surface area (Å²) in [6, 6.07) is 0. The second-order valence-electron chi connectivity index (χ2n) is 7.04. The van der Waals surface area contributed by atoms with E-state index >= 15 is 0 Å². The number of aromatic amines is 1. The molecule has 0 bridgehead atoms. The van der Waals surface area contributed by atoms with Crippen LogP contribution in [-0.4, -0.2) is 35.8 Å². The molecule has 4 heterocycles. The number of hydrogen-bond donors (Lipinski definition) is 1. The second kappa shape index (κ2) is 6.74. The van der Waals surface area contributed by atoms with Crippen LogP contribution in [-0.2, 0) is 6.42 Å². The fourth-order valence-electron chi connectivity index (χ4n) is 3.39. The summed E-state index contributed by atoms with van der Waals surface area (Å²) >= 11 is 0. The lowest BCUT2D eigenvalue weighted by atomic mass is 10.0. The SMILES string of the molecule is COc1nc(C(C)CCc2cn3cc(C)[nH]c(=O)c3n2)c(F)n2cc(C)nc12. The van der Waals surface area contributed by atoms with E-state index in [0.29, 0.717) is 41.4 Å². The molecule has 146 valence electrons. The molecule has 0 radical (unpaired) electrons. The molecule has 0 aliphatic rings. The summed E-state index contributed by atoms with van der Waals surface area (Å²) < 4.78 is 23.4. The van der Waals surface area contributed by atoms with Crippen molar-refractivity contribution in [2.45, 2.75) is 39.5 Å². The molecule has 0 fully saturated rings. The average molecular weight is 384 g/mol. The Morgan fingerprint density at radius 1 is 1.18 bits per heavy atom. The Hall–Kier alpha value is -3.23. The number of hydrogen-bond acceptors (Lipinski definition) is 5. The predicted octanol–water partition coefficient (Wildman–Crippen LogP) is 2.57. The highest BCUT2D eigenvalue weighted by Gasteiger charge is 2.21. The Labute approximate surface area is 160 Å². The van der Waals surface area contributed by atoms with Gasteiger partial charge in [0.15, 0.2) is 0 Å². The number of ether oxygens (including phenoxy) is 1. The number of fused-ring (bicyclic) bond motifs is 2. The topological polar surface area (TPSA) is 89.6 Å². The van der Waals surface area contributed by atoms with E-state index in [4.69, 9.17) is 4.74 Å². The number of aryl methyl sites for hydroxylation is 3. The van der Waals surface area contributed by atoms with Crippen LogP contribution in [0.1, 0.15) is 42.0 Å². The minimum absolute atomic E-state index is 0.175. The normalized spacial score (nSPS) is 12.8. The molecule has 0 aromatic carbocycles. The standard InChI is InChI=1S/C19H21FN6O2/c1-10(5-6-13-9-25-7-11(2)22-18(27)16(25)23-13)14-15(20)26-8-12(3)21-17(26)19(24-14)28-4/h7-10H,5-6H2,1-4H3,(H,22,27). The molecule has 1 unspecified atom stereocenters. The number of methoxy groups -OCH3 is 1. The van der Waals surface area contributed by atoms with E-state index < -0.39 is 5.95 Å². The summed E-state index contributed by atoms with van der Waals surface area (Å²) in [5.41, 5.74) is 3.04. The second-order valence-corrected chi connectivity index (χ2v) is 7.04. The zero-order chi connectivity index (χ0) is 20.0. The Balaban J connectivity index is 1.62. The maximum Gasteiger partial charge on any atom is 0.291 e. The van der Waals surface area contributed by atoms with Gasteiger partial charge in [-0.15, -0.1) is 0 Å². The lowest BCUT2D eigenvalue weighted by Gasteiger charge is -2.13. The summed E-state index contributed by atoms with van der Waals surface area (Å²) in [5, 5.41) is 0. The third-order valence-corrected chi connectivity index (χ3v) is 4.78.